The van der Waals surface area contributed by atoms with Gasteiger partial charge in [-0.2, -0.15) is 0 Å². The Morgan fingerprint density at radius 2 is 0.557 bits per heavy atom. The molecule has 0 heterocycles. The van der Waals surface area contributed by atoms with Crippen LogP contribution in [0.25, 0.3) is 0 Å². The minimum atomic E-state index is -0.806. The highest BCUT2D eigenvalue weighted by Crippen LogP contribution is 2.13. The molecule has 70 heavy (non-hydrogen) atoms. The van der Waals surface area contributed by atoms with E-state index in [9.17, 15) is 14.4 Å². The Labute approximate surface area is 431 Å². The molecule has 0 amide bonds. The van der Waals surface area contributed by atoms with E-state index in [4.69, 9.17) is 14.2 Å². The van der Waals surface area contributed by atoms with E-state index in [1.165, 1.54) is 57.8 Å². The van der Waals surface area contributed by atoms with E-state index < -0.39 is 6.10 Å². The minimum Gasteiger partial charge on any atom is -0.462 e. The third-order valence-electron chi connectivity index (χ3n) is 11.7. The normalized spacial score (nSPS) is 13.0. The van der Waals surface area contributed by atoms with Gasteiger partial charge in [0.1, 0.15) is 13.2 Å². The molecule has 0 spiro atoms. The Morgan fingerprint density at radius 3 is 0.900 bits per heavy atom. The summed E-state index contributed by atoms with van der Waals surface area (Å²) in [6.07, 6.45) is 79.0. The van der Waals surface area contributed by atoms with Gasteiger partial charge >= 0.3 is 17.9 Å². The number of carbonyl (C=O) groups is 3. The monoisotopic (exact) mass is 969 g/mol. The van der Waals surface area contributed by atoms with Crippen LogP contribution in [0.3, 0.4) is 0 Å². The van der Waals surface area contributed by atoms with Crippen molar-refractivity contribution >= 4 is 17.9 Å². The fourth-order valence-corrected chi connectivity index (χ4v) is 7.39. The maximum Gasteiger partial charge on any atom is 0.306 e. The predicted molar refractivity (Wildman–Crippen MR) is 302 cm³/mol. The molecule has 6 heteroatoms. The molecule has 0 aliphatic rings. The standard InChI is InChI=1S/C64H104O6/c1-4-7-10-13-16-19-22-25-27-28-29-30-31-32-33-34-35-36-38-39-42-45-48-51-54-57-63(66)69-60-61(59-68-62(65)56-53-50-47-44-41-24-21-18-15-12-9-6-3)70-64(67)58-55-52-49-46-43-40-37-26-23-20-17-14-11-8-5-2/h7,10,16-21,25-27,29-30,32-33,35-37,39,42,61H,4-6,8-9,11-15,22-24,28,31,34,38,40-41,43-60H2,1-3H3/b10-7-,19-16-,20-17-,21-18-,27-25-,30-29-,33-32-,36-35-,37-26-,42-39-. The molecule has 0 saturated carbocycles. The fraction of sp³-hybridized carbons (Fsp3) is 0.641. The van der Waals surface area contributed by atoms with Crippen molar-refractivity contribution in [3.8, 4) is 0 Å². The SMILES string of the molecule is CC/C=C\C/C=C\C/C=C\C/C=C\C/C=C\C/C=C\C/C=C\CCCCCC(=O)OCC(COC(=O)CCCCCCC/C=C\CCCCC)OC(=O)CCCCCCC/C=C\C/C=C\CCCCC. The summed E-state index contributed by atoms with van der Waals surface area (Å²) >= 11 is 0. The number of ether oxygens (including phenoxy) is 3. The van der Waals surface area contributed by atoms with Gasteiger partial charge in [0.05, 0.1) is 0 Å². The van der Waals surface area contributed by atoms with E-state index in [0.29, 0.717) is 19.3 Å². The minimum absolute atomic E-state index is 0.102. The van der Waals surface area contributed by atoms with E-state index >= 15 is 0 Å². The van der Waals surface area contributed by atoms with Crippen molar-refractivity contribution in [3.05, 3.63) is 122 Å². The second kappa shape index (κ2) is 57.4. The Bertz CT molecular complexity index is 1490. The number of rotatable bonds is 50. The van der Waals surface area contributed by atoms with Crippen LogP contribution in [0, 0.1) is 0 Å². The van der Waals surface area contributed by atoms with Gasteiger partial charge in [-0.15, -0.1) is 0 Å². The molecule has 0 aliphatic carbocycles. The van der Waals surface area contributed by atoms with Crippen LogP contribution < -0.4 is 0 Å². The molecule has 0 N–H and O–H groups in total. The molecule has 0 aromatic heterocycles. The summed E-state index contributed by atoms with van der Waals surface area (Å²) < 4.78 is 16.8. The summed E-state index contributed by atoms with van der Waals surface area (Å²) in [6.45, 7) is 6.42. The lowest BCUT2D eigenvalue weighted by molar-refractivity contribution is -0.167. The first-order valence-electron chi connectivity index (χ1n) is 28.5. The zero-order valence-corrected chi connectivity index (χ0v) is 45.2. The van der Waals surface area contributed by atoms with Gasteiger partial charge < -0.3 is 14.2 Å². The van der Waals surface area contributed by atoms with Crippen LogP contribution in [0.5, 0.6) is 0 Å². The number of carbonyl (C=O) groups excluding carboxylic acids is 3. The quantitative estimate of drug-likeness (QED) is 0.0262. The molecule has 1 atom stereocenters. The Balaban J connectivity index is 4.44. The zero-order valence-electron chi connectivity index (χ0n) is 45.2. The van der Waals surface area contributed by atoms with E-state index in [0.717, 1.165) is 148 Å². The molecule has 1 unspecified atom stereocenters. The molecule has 6 nitrogen and oxygen atoms in total. The Hall–Kier alpha value is -4.19. The summed E-state index contributed by atoms with van der Waals surface area (Å²) in [5.74, 6) is -0.962. The second-order valence-corrected chi connectivity index (χ2v) is 18.5. The van der Waals surface area contributed by atoms with Crippen molar-refractivity contribution in [2.24, 2.45) is 0 Å². The Kier molecular flexibility index (Phi) is 54.0. The van der Waals surface area contributed by atoms with Crippen molar-refractivity contribution in [1.82, 2.24) is 0 Å². The lowest BCUT2D eigenvalue weighted by atomic mass is 10.1. The first-order valence-corrected chi connectivity index (χ1v) is 28.5. The number of esters is 3. The van der Waals surface area contributed by atoms with E-state index in [2.05, 4.69) is 142 Å². The number of hydrogen-bond acceptors (Lipinski definition) is 6. The molecule has 0 rings (SSSR count). The van der Waals surface area contributed by atoms with Gasteiger partial charge in [-0.1, -0.05) is 213 Å². The Morgan fingerprint density at radius 1 is 0.300 bits per heavy atom. The molecule has 0 aromatic carbocycles. The van der Waals surface area contributed by atoms with Crippen LogP contribution in [0.2, 0.25) is 0 Å². The van der Waals surface area contributed by atoms with E-state index in [-0.39, 0.29) is 31.1 Å². The van der Waals surface area contributed by atoms with Gasteiger partial charge in [0.15, 0.2) is 6.10 Å². The van der Waals surface area contributed by atoms with Crippen molar-refractivity contribution in [1.29, 1.82) is 0 Å². The maximum atomic E-state index is 12.8. The van der Waals surface area contributed by atoms with E-state index in [1.54, 1.807) is 0 Å². The summed E-state index contributed by atoms with van der Waals surface area (Å²) in [5.41, 5.74) is 0. The topological polar surface area (TPSA) is 78.9 Å². The van der Waals surface area contributed by atoms with Gasteiger partial charge in [-0.3, -0.25) is 14.4 Å². The summed E-state index contributed by atoms with van der Waals surface area (Å²) in [4.78, 5) is 38.1. The van der Waals surface area contributed by atoms with Gasteiger partial charge in [0.25, 0.3) is 0 Å². The molecule has 0 radical (unpaired) electrons. The van der Waals surface area contributed by atoms with Gasteiger partial charge in [-0.25, -0.2) is 0 Å². The average molecular weight is 970 g/mol. The van der Waals surface area contributed by atoms with Gasteiger partial charge in [0.2, 0.25) is 0 Å². The zero-order chi connectivity index (χ0) is 50.7. The third-order valence-corrected chi connectivity index (χ3v) is 11.7. The molecule has 0 saturated heterocycles. The largest absolute Gasteiger partial charge is 0.462 e. The first kappa shape index (κ1) is 65.8. The molecule has 396 valence electrons. The maximum absolute atomic E-state index is 12.8. The fourth-order valence-electron chi connectivity index (χ4n) is 7.39. The van der Waals surface area contributed by atoms with Gasteiger partial charge in [0, 0.05) is 19.3 Å². The van der Waals surface area contributed by atoms with Crippen LogP contribution in [0.1, 0.15) is 245 Å². The lowest BCUT2D eigenvalue weighted by Crippen LogP contribution is -2.30. The number of unbranched alkanes of at least 4 members (excludes halogenated alkanes) is 19. The average Bonchev–Trinajstić information content (AvgIpc) is 3.36. The molecule has 0 bridgehead atoms. The number of allylic oxidation sites excluding steroid dienone is 20. The summed E-state index contributed by atoms with van der Waals surface area (Å²) in [5, 5.41) is 0. The first-order chi connectivity index (χ1) is 34.5. The van der Waals surface area contributed by atoms with Crippen LogP contribution >= 0.6 is 0 Å². The highest BCUT2D eigenvalue weighted by atomic mass is 16.6. The van der Waals surface area contributed by atoms with Crippen LogP contribution in [-0.4, -0.2) is 37.2 Å². The second-order valence-electron chi connectivity index (χ2n) is 18.5. The number of hydrogen-bond donors (Lipinski definition) is 0. The molecule has 0 aliphatic heterocycles. The van der Waals surface area contributed by atoms with Crippen molar-refractivity contribution in [2.75, 3.05) is 13.2 Å². The molecular formula is C64H104O6. The highest BCUT2D eigenvalue weighted by molar-refractivity contribution is 5.71. The smallest absolute Gasteiger partial charge is 0.306 e. The third kappa shape index (κ3) is 54.7. The van der Waals surface area contributed by atoms with Crippen molar-refractivity contribution < 1.29 is 28.6 Å². The van der Waals surface area contributed by atoms with E-state index in [1.807, 2.05) is 0 Å². The predicted octanol–water partition coefficient (Wildman–Crippen LogP) is 19.3. The van der Waals surface area contributed by atoms with Crippen molar-refractivity contribution in [2.45, 2.75) is 252 Å². The summed E-state index contributed by atoms with van der Waals surface area (Å²) in [7, 11) is 0. The van der Waals surface area contributed by atoms with Crippen molar-refractivity contribution in [3.63, 3.8) is 0 Å². The molecule has 0 fully saturated rings. The molecule has 0 aromatic rings. The molecular weight excluding hydrogens is 865 g/mol. The van der Waals surface area contributed by atoms with Gasteiger partial charge in [-0.05, 0) is 135 Å². The van der Waals surface area contributed by atoms with Crippen LogP contribution in [0.4, 0.5) is 0 Å². The summed E-state index contributed by atoms with van der Waals surface area (Å²) in [6, 6.07) is 0. The van der Waals surface area contributed by atoms with Crippen LogP contribution in [-0.2, 0) is 28.6 Å². The highest BCUT2D eigenvalue weighted by Gasteiger charge is 2.19. The lowest BCUT2D eigenvalue weighted by Gasteiger charge is -2.18. The van der Waals surface area contributed by atoms with Crippen LogP contribution in [0.15, 0.2) is 122 Å².